The molecule has 2 aliphatic heterocycles. The van der Waals surface area contributed by atoms with Crippen molar-refractivity contribution in [1.29, 1.82) is 0 Å². The van der Waals surface area contributed by atoms with E-state index in [-0.39, 0.29) is 46.2 Å². The summed E-state index contributed by atoms with van der Waals surface area (Å²) in [5, 5.41) is 87.5. The van der Waals surface area contributed by atoms with Gasteiger partial charge in [0, 0.05) is 22.7 Å². The van der Waals surface area contributed by atoms with Crippen LogP contribution in [0.4, 0.5) is 0 Å². The van der Waals surface area contributed by atoms with Gasteiger partial charge < -0.3 is 59.8 Å². The van der Waals surface area contributed by atoms with Gasteiger partial charge >= 0.3 is 0 Å². The molecule has 0 amide bonds. The Kier molecular flexibility index (Phi) is 12.8. The monoisotopic (exact) mass is 797 g/mol. The second-order valence-electron chi connectivity index (χ2n) is 21.0. The highest BCUT2D eigenvalue weighted by Crippen LogP contribution is 2.75. The van der Waals surface area contributed by atoms with Gasteiger partial charge in [0.05, 0.1) is 55.4 Å². The van der Waals surface area contributed by atoms with E-state index in [1.807, 2.05) is 0 Å². The predicted octanol–water partition coefficient (Wildman–Crippen LogP) is 3.67. The number of aliphatic hydroxyl groups excluding tert-OH is 7. The van der Waals surface area contributed by atoms with Gasteiger partial charge in [0.1, 0.15) is 18.3 Å². The van der Waals surface area contributed by atoms with E-state index in [1.165, 1.54) is 5.57 Å². The Labute approximate surface area is 335 Å². The van der Waals surface area contributed by atoms with Gasteiger partial charge in [-0.15, -0.1) is 0 Å². The van der Waals surface area contributed by atoms with Gasteiger partial charge in [0.2, 0.25) is 0 Å². The van der Waals surface area contributed by atoms with E-state index in [1.54, 1.807) is 27.7 Å². The molecule has 324 valence electrons. The van der Waals surface area contributed by atoms with Crippen molar-refractivity contribution in [1.82, 2.24) is 0 Å². The molecule has 20 atom stereocenters. The van der Waals surface area contributed by atoms with Crippen LogP contribution in [-0.4, -0.2) is 127 Å². The van der Waals surface area contributed by atoms with Crippen LogP contribution in [0.5, 0.6) is 0 Å². The van der Waals surface area contributed by atoms with E-state index < -0.39 is 85.5 Å². The molecule has 6 rings (SSSR count). The van der Waals surface area contributed by atoms with Crippen molar-refractivity contribution < 1.29 is 59.8 Å². The van der Waals surface area contributed by atoms with Crippen LogP contribution < -0.4 is 0 Å². The maximum atomic E-state index is 12.3. The van der Waals surface area contributed by atoms with Crippen molar-refractivity contribution >= 4 is 0 Å². The topological polar surface area (TPSA) is 199 Å². The minimum Gasteiger partial charge on any atom is -0.394 e. The van der Waals surface area contributed by atoms with E-state index in [0.717, 1.165) is 44.9 Å². The molecule has 12 heteroatoms. The minimum atomic E-state index is -1.38. The number of ether oxygens (including phenoxy) is 4. The summed E-state index contributed by atoms with van der Waals surface area (Å²) in [6.45, 7) is 20.0. The molecular formula is C44H76O12. The first-order valence-corrected chi connectivity index (χ1v) is 21.6. The van der Waals surface area contributed by atoms with Crippen LogP contribution in [0.15, 0.2) is 11.6 Å². The third kappa shape index (κ3) is 7.29. The first kappa shape index (κ1) is 44.8. The normalized spacial score (nSPS) is 50.3. The highest BCUT2D eigenvalue weighted by atomic mass is 16.7. The molecule has 0 aromatic rings. The Hall–Kier alpha value is -0.740. The lowest BCUT2D eigenvalue weighted by Gasteiger charge is -2.67. The Morgan fingerprint density at radius 3 is 2.11 bits per heavy atom. The summed E-state index contributed by atoms with van der Waals surface area (Å²) < 4.78 is 24.1. The second kappa shape index (κ2) is 15.9. The van der Waals surface area contributed by atoms with Gasteiger partial charge in [0.15, 0.2) is 12.6 Å². The lowest BCUT2D eigenvalue weighted by molar-refractivity contribution is -0.331. The average molecular weight is 797 g/mol. The Morgan fingerprint density at radius 2 is 1.46 bits per heavy atom. The molecule has 3 saturated carbocycles. The van der Waals surface area contributed by atoms with E-state index in [0.29, 0.717) is 18.3 Å². The molecule has 3 unspecified atom stereocenters. The zero-order valence-corrected chi connectivity index (χ0v) is 35.7. The van der Waals surface area contributed by atoms with E-state index in [2.05, 4.69) is 47.6 Å². The minimum absolute atomic E-state index is 0.0216. The van der Waals surface area contributed by atoms with E-state index >= 15 is 0 Å². The molecule has 0 spiro atoms. The van der Waals surface area contributed by atoms with Crippen LogP contribution >= 0.6 is 0 Å². The van der Waals surface area contributed by atoms with Crippen LogP contribution in [0.3, 0.4) is 0 Å². The molecule has 56 heavy (non-hydrogen) atoms. The molecule has 0 aromatic carbocycles. The van der Waals surface area contributed by atoms with Crippen LogP contribution in [0.25, 0.3) is 0 Å². The second-order valence-corrected chi connectivity index (χ2v) is 21.0. The number of rotatable bonds is 11. The standard InChI is InChI=1S/C44H76O12/c1-22(25-17-18-42(8)30-14-12-26-27(13-15-31(46)40(26,4)5)44(30,10)32(47)19-43(25,42)9)11-16-33(41(6,7)52)56-39-37(51)35(49)23(2)29(55-39)21-53-38-36(50)24(3)34(48)28(20-45)54-38/h12,22-25,27-39,45-52H,11,13-21H2,1-10H3/t22-,23-,24+,25?,27?,28-,29-,30?,31+,32-,33-,34+,35+,36-,37-,38-,39+,42+,43-,44+/m1/s1. The molecule has 2 heterocycles. The fourth-order valence-corrected chi connectivity index (χ4v) is 13.0. The highest BCUT2D eigenvalue weighted by molar-refractivity contribution is 5.31. The molecule has 12 nitrogen and oxygen atoms in total. The molecule has 0 bridgehead atoms. The molecule has 6 aliphatic rings. The van der Waals surface area contributed by atoms with E-state index in [9.17, 15) is 40.9 Å². The number of hydrogen-bond donors (Lipinski definition) is 8. The van der Waals surface area contributed by atoms with Crippen molar-refractivity contribution in [2.75, 3.05) is 13.2 Å². The van der Waals surface area contributed by atoms with Crippen molar-refractivity contribution in [3.8, 4) is 0 Å². The van der Waals surface area contributed by atoms with Gasteiger partial charge in [-0.25, -0.2) is 0 Å². The lowest BCUT2D eigenvalue weighted by Crippen LogP contribution is -2.64. The fraction of sp³-hybridized carbons (Fsp3) is 0.955. The van der Waals surface area contributed by atoms with Crippen LogP contribution in [0, 0.1) is 57.2 Å². The Bertz CT molecular complexity index is 1400. The maximum Gasteiger partial charge on any atom is 0.186 e. The average Bonchev–Trinajstić information content (AvgIpc) is 3.40. The Balaban J connectivity index is 1.13. The maximum absolute atomic E-state index is 12.3. The summed E-state index contributed by atoms with van der Waals surface area (Å²) in [5.74, 6) is -0.0176. The smallest absolute Gasteiger partial charge is 0.186 e. The molecule has 0 aromatic heterocycles. The quantitative estimate of drug-likeness (QED) is 0.142. The SMILES string of the molecule is C[C@@H]1[C@@H](O)[C@H](OC[C@H]2O[C@@H](O[C@H](CC[C@@H](C)C3CC[C@@]4(C)C5CC=C6C(CC[C@H](O)C6(C)C)[C@]5(C)[C@H](O)C[C@]34C)C(C)(C)O)[C@H](O)[C@@H](O)[C@@H]2C)O[C@H](CO)[C@H]1O. The summed E-state index contributed by atoms with van der Waals surface area (Å²) in [7, 11) is 0. The third-order valence-corrected chi connectivity index (χ3v) is 17.3. The number of hydrogen-bond acceptors (Lipinski definition) is 12. The molecule has 0 radical (unpaired) electrons. The van der Waals surface area contributed by atoms with Crippen molar-refractivity contribution in [3.05, 3.63) is 11.6 Å². The first-order valence-electron chi connectivity index (χ1n) is 21.6. The zero-order chi connectivity index (χ0) is 41.5. The highest BCUT2D eigenvalue weighted by Gasteiger charge is 2.70. The van der Waals surface area contributed by atoms with Crippen LogP contribution in [-0.2, 0) is 18.9 Å². The number of fused-ring (bicyclic) bond motifs is 5. The number of allylic oxidation sites excluding steroid dienone is 1. The van der Waals surface area contributed by atoms with Gasteiger partial charge in [-0.1, -0.05) is 67.0 Å². The third-order valence-electron chi connectivity index (χ3n) is 17.3. The van der Waals surface area contributed by atoms with Crippen molar-refractivity contribution in [2.45, 2.75) is 194 Å². The summed E-state index contributed by atoms with van der Waals surface area (Å²) in [6.07, 6.45) is -1.41. The van der Waals surface area contributed by atoms with Crippen LogP contribution in [0.2, 0.25) is 0 Å². The molecule has 4 aliphatic carbocycles. The van der Waals surface area contributed by atoms with Gasteiger partial charge in [-0.05, 0) is 99.7 Å². The lowest BCUT2D eigenvalue weighted by atomic mass is 9.38. The largest absolute Gasteiger partial charge is 0.394 e. The molecule has 5 fully saturated rings. The van der Waals surface area contributed by atoms with Crippen LogP contribution in [0.1, 0.15) is 121 Å². The van der Waals surface area contributed by atoms with Crippen molar-refractivity contribution in [2.24, 2.45) is 57.2 Å². The van der Waals surface area contributed by atoms with E-state index in [4.69, 9.17) is 18.9 Å². The summed E-state index contributed by atoms with van der Waals surface area (Å²) >= 11 is 0. The van der Waals surface area contributed by atoms with Gasteiger partial charge in [-0.2, -0.15) is 0 Å². The molecule has 2 saturated heterocycles. The van der Waals surface area contributed by atoms with Crippen molar-refractivity contribution in [3.63, 3.8) is 0 Å². The first-order chi connectivity index (χ1) is 25.9. The van der Waals surface area contributed by atoms with Gasteiger partial charge in [0.25, 0.3) is 0 Å². The fourth-order valence-electron chi connectivity index (χ4n) is 13.0. The number of aliphatic hydroxyl groups is 8. The zero-order valence-electron chi connectivity index (χ0n) is 35.7. The molecular weight excluding hydrogens is 720 g/mol. The Morgan fingerprint density at radius 1 is 0.804 bits per heavy atom. The molecule has 8 N–H and O–H groups in total. The summed E-state index contributed by atoms with van der Waals surface area (Å²) in [5.41, 5.74) is -0.605. The summed E-state index contributed by atoms with van der Waals surface area (Å²) in [4.78, 5) is 0. The summed E-state index contributed by atoms with van der Waals surface area (Å²) in [6, 6.07) is 0. The van der Waals surface area contributed by atoms with Gasteiger partial charge in [-0.3, -0.25) is 0 Å². The predicted molar refractivity (Wildman–Crippen MR) is 209 cm³/mol.